The molecular formula is C19H21ClN2O3S. The first kappa shape index (κ1) is 18.9. The molecule has 0 aliphatic carbocycles. The molecule has 0 spiro atoms. The smallest absolute Gasteiger partial charge is 0.241 e. The van der Waals surface area contributed by atoms with Crippen LogP contribution in [0.1, 0.15) is 18.4 Å². The standard InChI is InChI=1S/C19H21ClN2O3S/c20-16-9-6-10-17(14-16)26(24,25)21-18(13-15-7-2-1-3-8-15)19(23)22-11-4-5-12-22/h1-3,6-10,14,18,21H,4-5,11-13H2/t18-/m0/s1. The van der Waals surface area contributed by atoms with Gasteiger partial charge in [0.2, 0.25) is 15.9 Å². The number of sulfonamides is 1. The number of likely N-dealkylation sites (tertiary alicyclic amines) is 1. The fraction of sp³-hybridized carbons (Fsp3) is 0.316. The van der Waals surface area contributed by atoms with E-state index in [1.54, 1.807) is 17.0 Å². The highest BCUT2D eigenvalue weighted by molar-refractivity contribution is 7.89. The predicted octanol–water partition coefficient (Wildman–Crippen LogP) is 2.85. The molecule has 1 heterocycles. The van der Waals surface area contributed by atoms with Crippen molar-refractivity contribution in [3.05, 3.63) is 65.2 Å². The first-order valence-corrected chi connectivity index (χ1v) is 10.4. The summed E-state index contributed by atoms with van der Waals surface area (Å²) in [7, 11) is -3.86. The number of nitrogens with zero attached hydrogens (tertiary/aromatic N) is 1. The van der Waals surface area contributed by atoms with Crippen LogP contribution in [0.25, 0.3) is 0 Å². The van der Waals surface area contributed by atoms with Gasteiger partial charge in [-0.15, -0.1) is 0 Å². The maximum Gasteiger partial charge on any atom is 0.241 e. The molecule has 0 saturated carbocycles. The normalized spacial score (nSPS) is 15.8. The summed E-state index contributed by atoms with van der Waals surface area (Å²) in [4.78, 5) is 14.7. The number of hydrogen-bond acceptors (Lipinski definition) is 3. The van der Waals surface area contributed by atoms with Crippen LogP contribution in [0.3, 0.4) is 0 Å². The second kappa shape index (κ2) is 8.20. The summed E-state index contributed by atoms with van der Waals surface area (Å²) >= 11 is 5.92. The van der Waals surface area contributed by atoms with E-state index >= 15 is 0 Å². The van der Waals surface area contributed by atoms with Gasteiger partial charge in [-0.25, -0.2) is 8.42 Å². The SMILES string of the molecule is O=C([C@H](Cc1ccccc1)NS(=O)(=O)c1cccc(Cl)c1)N1CCCC1. The van der Waals surface area contributed by atoms with Gasteiger partial charge in [-0.1, -0.05) is 48.0 Å². The number of halogens is 1. The van der Waals surface area contributed by atoms with E-state index in [0.29, 0.717) is 24.5 Å². The van der Waals surface area contributed by atoms with Crippen LogP contribution in [0.4, 0.5) is 0 Å². The molecule has 0 bridgehead atoms. The average Bonchev–Trinajstić information content (AvgIpc) is 3.16. The van der Waals surface area contributed by atoms with E-state index in [1.165, 1.54) is 12.1 Å². The molecule has 138 valence electrons. The lowest BCUT2D eigenvalue weighted by Crippen LogP contribution is -2.48. The molecule has 0 aromatic heterocycles. The van der Waals surface area contributed by atoms with Gasteiger partial charge in [0.15, 0.2) is 0 Å². The van der Waals surface area contributed by atoms with Crippen LogP contribution in [0.5, 0.6) is 0 Å². The molecule has 1 atom stereocenters. The van der Waals surface area contributed by atoms with Crippen molar-refractivity contribution >= 4 is 27.5 Å². The maximum atomic E-state index is 12.9. The molecule has 0 unspecified atom stereocenters. The topological polar surface area (TPSA) is 66.5 Å². The zero-order chi connectivity index (χ0) is 18.6. The molecule has 1 aliphatic rings. The monoisotopic (exact) mass is 392 g/mol. The molecule has 26 heavy (non-hydrogen) atoms. The van der Waals surface area contributed by atoms with Crippen LogP contribution in [0.2, 0.25) is 5.02 Å². The van der Waals surface area contributed by atoms with Gasteiger partial charge in [0.25, 0.3) is 0 Å². The van der Waals surface area contributed by atoms with Gasteiger partial charge >= 0.3 is 0 Å². The van der Waals surface area contributed by atoms with Crippen LogP contribution in [0, 0.1) is 0 Å². The van der Waals surface area contributed by atoms with E-state index in [1.807, 2.05) is 30.3 Å². The Kier molecular flexibility index (Phi) is 5.96. The molecular weight excluding hydrogens is 372 g/mol. The minimum atomic E-state index is -3.86. The number of benzene rings is 2. The van der Waals surface area contributed by atoms with Crippen LogP contribution in [0.15, 0.2) is 59.5 Å². The number of carbonyl (C=O) groups is 1. The van der Waals surface area contributed by atoms with Crippen LogP contribution < -0.4 is 4.72 Å². The lowest BCUT2D eigenvalue weighted by Gasteiger charge is -2.24. The average molecular weight is 393 g/mol. The molecule has 2 aromatic rings. The third-order valence-electron chi connectivity index (χ3n) is 4.40. The lowest BCUT2D eigenvalue weighted by atomic mass is 10.1. The summed E-state index contributed by atoms with van der Waals surface area (Å²) in [5.74, 6) is -0.183. The summed E-state index contributed by atoms with van der Waals surface area (Å²) in [6, 6.07) is 14.6. The second-order valence-corrected chi connectivity index (χ2v) is 8.50. The van der Waals surface area contributed by atoms with E-state index < -0.39 is 16.1 Å². The largest absolute Gasteiger partial charge is 0.341 e. The summed E-state index contributed by atoms with van der Waals surface area (Å²) in [5.41, 5.74) is 0.902. The molecule has 2 aromatic carbocycles. The van der Waals surface area contributed by atoms with Crippen molar-refractivity contribution < 1.29 is 13.2 Å². The first-order chi connectivity index (χ1) is 12.5. The molecule has 1 saturated heterocycles. The molecule has 1 amide bonds. The van der Waals surface area contributed by atoms with Gasteiger partial charge in [0, 0.05) is 18.1 Å². The van der Waals surface area contributed by atoms with Crippen LogP contribution in [-0.2, 0) is 21.2 Å². The van der Waals surface area contributed by atoms with Gasteiger partial charge in [-0.05, 0) is 43.0 Å². The summed E-state index contributed by atoms with van der Waals surface area (Å²) in [6.45, 7) is 1.34. The van der Waals surface area contributed by atoms with Crippen molar-refractivity contribution in [1.29, 1.82) is 0 Å². The summed E-state index contributed by atoms with van der Waals surface area (Å²) < 4.78 is 28.1. The van der Waals surface area contributed by atoms with Gasteiger partial charge in [-0.3, -0.25) is 4.79 Å². The van der Waals surface area contributed by atoms with Crippen molar-refractivity contribution in [2.45, 2.75) is 30.2 Å². The Morgan fingerprint density at radius 3 is 2.42 bits per heavy atom. The van der Waals surface area contributed by atoms with Gasteiger partial charge in [0.05, 0.1) is 4.90 Å². The number of amides is 1. The Morgan fingerprint density at radius 1 is 1.08 bits per heavy atom. The number of rotatable bonds is 6. The Hall–Kier alpha value is -1.89. The number of carbonyl (C=O) groups excluding carboxylic acids is 1. The van der Waals surface area contributed by atoms with Crippen molar-refractivity contribution in [2.24, 2.45) is 0 Å². The Morgan fingerprint density at radius 2 is 1.77 bits per heavy atom. The highest BCUT2D eigenvalue weighted by Crippen LogP contribution is 2.18. The number of hydrogen-bond donors (Lipinski definition) is 1. The van der Waals surface area contributed by atoms with Crippen molar-refractivity contribution in [1.82, 2.24) is 9.62 Å². The van der Waals surface area contributed by atoms with Crippen molar-refractivity contribution in [3.8, 4) is 0 Å². The first-order valence-electron chi connectivity index (χ1n) is 8.56. The second-order valence-electron chi connectivity index (χ2n) is 6.35. The minimum absolute atomic E-state index is 0.0530. The molecule has 7 heteroatoms. The van der Waals surface area contributed by atoms with E-state index in [4.69, 9.17) is 11.6 Å². The lowest BCUT2D eigenvalue weighted by molar-refractivity contribution is -0.131. The third-order valence-corrected chi connectivity index (χ3v) is 6.11. The van der Waals surface area contributed by atoms with Crippen LogP contribution in [-0.4, -0.2) is 38.4 Å². The fourth-order valence-corrected chi connectivity index (χ4v) is 4.57. The highest BCUT2D eigenvalue weighted by Gasteiger charge is 2.30. The van der Waals surface area contributed by atoms with E-state index in [2.05, 4.69) is 4.72 Å². The zero-order valence-corrected chi connectivity index (χ0v) is 15.8. The van der Waals surface area contributed by atoms with Crippen molar-refractivity contribution in [2.75, 3.05) is 13.1 Å². The van der Waals surface area contributed by atoms with E-state index in [0.717, 1.165) is 18.4 Å². The Bertz CT molecular complexity index is 865. The molecule has 3 rings (SSSR count). The van der Waals surface area contributed by atoms with E-state index in [9.17, 15) is 13.2 Å². The molecule has 1 N–H and O–H groups in total. The quantitative estimate of drug-likeness (QED) is 0.822. The number of nitrogens with one attached hydrogen (secondary N) is 1. The Balaban J connectivity index is 1.85. The predicted molar refractivity (Wildman–Crippen MR) is 102 cm³/mol. The maximum absolute atomic E-state index is 12.9. The fourth-order valence-electron chi connectivity index (χ4n) is 3.08. The molecule has 1 aliphatic heterocycles. The van der Waals surface area contributed by atoms with Gasteiger partial charge in [0.1, 0.15) is 6.04 Å². The summed E-state index contributed by atoms with van der Waals surface area (Å²) in [5, 5.41) is 0.332. The van der Waals surface area contributed by atoms with Crippen molar-refractivity contribution in [3.63, 3.8) is 0 Å². The molecule has 0 radical (unpaired) electrons. The molecule has 5 nitrogen and oxygen atoms in total. The Labute approximate surface area is 159 Å². The van der Waals surface area contributed by atoms with E-state index in [-0.39, 0.29) is 10.8 Å². The summed E-state index contributed by atoms with van der Waals surface area (Å²) in [6.07, 6.45) is 2.20. The molecule has 1 fully saturated rings. The van der Waals surface area contributed by atoms with Gasteiger partial charge < -0.3 is 4.90 Å². The van der Waals surface area contributed by atoms with Crippen LogP contribution >= 0.6 is 11.6 Å². The minimum Gasteiger partial charge on any atom is -0.341 e. The third kappa shape index (κ3) is 4.63. The highest BCUT2D eigenvalue weighted by atomic mass is 35.5. The van der Waals surface area contributed by atoms with Gasteiger partial charge in [-0.2, -0.15) is 4.72 Å². The zero-order valence-electron chi connectivity index (χ0n) is 14.3.